The van der Waals surface area contributed by atoms with Gasteiger partial charge in [-0.1, -0.05) is 0 Å². The van der Waals surface area contributed by atoms with Crippen molar-refractivity contribution in [2.45, 2.75) is 39.8 Å². The molecule has 7 heteroatoms. The fourth-order valence-corrected chi connectivity index (χ4v) is 2.97. The standard InChI is InChI=1S/C22H25FN2O4/c1-14(2)25(15(3)4)22(26)16-7-9-20(21(10-16)27-5)29-13-28-18-8-6-17(12-24)19(23)11-18/h6-11,14-15H,13H2,1-5H3. The van der Waals surface area contributed by atoms with Gasteiger partial charge in [0.25, 0.3) is 5.91 Å². The Hall–Kier alpha value is -3.27. The number of halogens is 1. The first-order valence-corrected chi connectivity index (χ1v) is 9.24. The third-order valence-corrected chi connectivity index (χ3v) is 4.26. The van der Waals surface area contributed by atoms with E-state index in [1.54, 1.807) is 29.2 Å². The normalized spacial score (nSPS) is 10.6. The van der Waals surface area contributed by atoms with Gasteiger partial charge in [-0.2, -0.15) is 5.26 Å². The highest BCUT2D eigenvalue weighted by Gasteiger charge is 2.22. The molecule has 0 saturated heterocycles. The monoisotopic (exact) mass is 400 g/mol. The lowest BCUT2D eigenvalue weighted by atomic mass is 10.1. The number of methoxy groups -OCH3 is 1. The number of benzene rings is 2. The first-order chi connectivity index (χ1) is 13.8. The SMILES string of the molecule is COc1cc(C(=O)N(C(C)C)C(C)C)ccc1OCOc1ccc(C#N)c(F)c1. The Bertz CT molecular complexity index is 898. The highest BCUT2D eigenvalue weighted by molar-refractivity contribution is 5.95. The van der Waals surface area contributed by atoms with Gasteiger partial charge in [0, 0.05) is 23.7 Å². The Labute approximate surface area is 170 Å². The van der Waals surface area contributed by atoms with Crippen LogP contribution in [0.4, 0.5) is 4.39 Å². The minimum absolute atomic E-state index is 0.0583. The first kappa shape index (κ1) is 22.0. The van der Waals surface area contributed by atoms with Crippen molar-refractivity contribution >= 4 is 5.91 Å². The van der Waals surface area contributed by atoms with Gasteiger partial charge in [-0.15, -0.1) is 0 Å². The van der Waals surface area contributed by atoms with E-state index in [0.29, 0.717) is 17.1 Å². The maximum atomic E-state index is 13.6. The van der Waals surface area contributed by atoms with E-state index in [0.717, 1.165) is 6.07 Å². The molecule has 0 spiro atoms. The molecule has 6 nitrogen and oxygen atoms in total. The van der Waals surface area contributed by atoms with Crippen molar-refractivity contribution in [3.05, 3.63) is 53.3 Å². The number of carbonyl (C=O) groups is 1. The molecule has 0 aromatic heterocycles. The maximum Gasteiger partial charge on any atom is 0.254 e. The summed E-state index contributed by atoms with van der Waals surface area (Å²) in [6.45, 7) is 7.68. The van der Waals surface area contributed by atoms with Gasteiger partial charge in [0.05, 0.1) is 12.7 Å². The minimum atomic E-state index is -0.662. The van der Waals surface area contributed by atoms with Gasteiger partial charge >= 0.3 is 0 Å². The highest BCUT2D eigenvalue weighted by atomic mass is 19.1. The van der Waals surface area contributed by atoms with Crippen LogP contribution in [-0.2, 0) is 0 Å². The number of nitriles is 1. The summed E-state index contributed by atoms with van der Waals surface area (Å²) in [7, 11) is 1.48. The summed E-state index contributed by atoms with van der Waals surface area (Å²) in [6, 6.07) is 10.7. The zero-order valence-corrected chi connectivity index (χ0v) is 17.2. The molecule has 0 bridgehead atoms. The summed E-state index contributed by atoms with van der Waals surface area (Å²) < 4.78 is 29.9. The van der Waals surface area contributed by atoms with Gasteiger partial charge in [0.15, 0.2) is 11.5 Å². The Balaban J connectivity index is 2.10. The number of carbonyl (C=O) groups excluding carboxylic acids is 1. The second-order valence-electron chi connectivity index (χ2n) is 6.93. The molecule has 2 rings (SSSR count). The van der Waals surface area contributed by atoms with Crippen LogP contribution in [0, 0.1) is 17.1 Å². The predicted molar refractivity (Wildman–Crippen MR) is 107 cm³/mol. The molecular formula is C22H25FN2O4. The van der Waals surface area contributed by atoms with Crippen molar-refractivity contribution in [3.63, 3.8) is 0 Å². The van der Waals surface area contributed by atoms with Crippen molar-refractivity contribution in [1.29, 1.82) is 5.26 Å². The lowest BCUT2D eigenvalue weighted by Crippen LogP contribution is -2.42. The number of hydrogen-bond acceptors (Lipinski definition) is 5. The Morgan fingerprint density at radius 3 is 2.31 bits per heavy atom. The van der Waals surface area contributed by atoms with Crippen LogP contribution < -0.4 is 14.2 Å². The van der Waals surface area contributed by atoms with Gasteiger partial charge in [0.2, 0.25) is 6.79 Å². The van der Waals surface area contributed by atoms with Crippen LogP contribution >= 0.6 is 0 Å². The van der Waals surface area contributed by atoms with Crippen molar-refractivity contribution in [1.82, 2.24) is 4.90 Å². The van der Waals surface area contributed by atoms with Crippen LogP contribution in [0.15, 0.2) is 36.4 Å². The Morgan fingerprint density at radius 2 is 1.76 bits per heavy atom. The fourth-order valence-electron chi connectivity index (χ4n) is 2.97. The summed E-state index contributed by atoms with van der Waals surface area (Å²) in [6.07, 6.45) is 0. The van der Waals surface area contributed by atoms with Crippen molar-refractivity contribution in [2.24, 2.45) is 0 Å². The van der Waals surface area contributed by atoms with Crippen LogP contribution in [0.25, 0.3) is 0 Å². The van der Waals surface area contributed by atoms with E-state index in [4.69, 9.17) is 19.5 Å². The molecular weight excluding hydrogens is 375 g/mol. The van der Waals surface area contributed by atoms with Gasteiger partial charge in [-0.3, -0.25) is 4.79 Å². The Morgan fingerprint density at radius 1 is 1.07 bits per heavy atom. The van der Waals surface area contributed by atoms with Crippen LogP contribution in [0.1, 0.15) is 43.6 Å². The van der Waals surface area contributed by atoms with Crippen LogP contribution in [0.2, 0.25) is 0 Å². The van der Waals surface area contributed by atoms with E-state index in [2.05, 4.69) is 0 Å². The van der Waals surface area contributed by atoms with E-state index >= 15 is 0 Å². The van der Waals surface area contributed by atoms with E-state index in [9.17, 15) is 9.18 Å². The van der Waals surface area contributed by atoms with Gasteiger partial charge in [0.1, 0.15) is 17.6 Å². The zero-order chi connectivity index (χ0) is 21.6. The number of hydrogen-bond donors (Lipinski definition) is 0. The molecule has 0 saturated carbocycles. The van der Waals surface area contributed by atoms with Crippen LogP contribution in [0.5, 0.6) is 17.2 Å². The summed E-state index contributed by atoms with van der Waals surface area (Å²) in [5.41, 5.74) is 0.434. The third kappa shape index (κ3) is 5.38. The van der Waals surface area contributed by atoms with E-state index in [1.165, 1.54) is 19.2 Å². The average molecular weight is 400 g/mol. The topological polar surface area (TPSA) is 71.8 Å². The van der Waals surface area contributed by atoms with E-state index < -0.39 is 5.82 Å². The minimum Gasteiger partial charge on any atom is -0.493 e. The van der Waals surface area contributed by atoms with Crippen molar-refractivity contribution in [3.8, 4) is 23.3 Å². The molecule has 0 fully saturated rings. The van der Waals surface area contributed by atoms with Crippen molar-refractivity contribution < 1.29 is 23.4 Å². The lowest BCUT2D eigenvalue weighted by molar-refractivity contribution is 0.0643. The third-order valence-electron chi connectivity index (χ3n) is 4.26. The highest BCUT2D eigenvalue weighted by Crippen LogP contribution is 2.29. The van der Waals surface area contributed by atoms with Crippen LogP contribution in [-0.4, -0.2) is 36.8 Å². The number of ether oxygens (including phenoxy) is 3. The summed E-state index contributed by atoms with van der Waals surface area (Å²) in [4.78, 5) is 14.6. The number of amides is 1. The molecule has 2 aromatic rings. The van der Waals surface area contributed by atoms with Gasteiger partial charge < -0.3 is 19.1 Å². The number of rotatable bonds is 8. The molecule has 0 unspecified atom stereocenters. The molecule has 1 amide bonds. The summed E-state index contributed by atoms with van der Waals surface area (Å²) in [5, 5.41) is 8.75. The van der Waals surface area contributed by atoms with Gasteiger partial charge in [-0.25, -0.2) is 4.39 Å². The Kier molecular flexibility index (Phi) is 7.43. The molecule has 2 aromatic carbocycles. The smallest absolute Gasteiger partial charge is 0.254 e. The molecule has 0 aliphatic carbocycles. The zero-order valence-electron chi connectivity index (χ0n) is 17.2. The molecule has 0 radical (unpaired) electrons. The average Bonchev–Trinajstić information content (AvgIpc) is 2.67. The molecule has 154 valence electrons. The first-order valence-electron chi connectivity index (χ1n) is 9.24. The molecule has 0 aliphatic heterocycles. The molecule has 0 aliphatic rings. The fraction of sp³-hybridized carbons (Fsp3) is 0.364. The molecule has 0 N–H and O–H groups in total. The maximum absolute atomic E-state index is 13.6. The lowest BCUT2D eigenvalue weighted by Gasteiger charge is -2.31. The summed E-state index contributed by atoms with van der Waals surface area (Å²) in [5.74, 6) is 0.253. The largest absolute Gasteiger partial charge is 0.493 e. The second kappa shape index (κ2) is 9.78. The van der Waals surface area contributed by atoms with Crippen molar-refractivity contribution in [2.75, 3.05) is 13.9 Å². The van der Waals surface area contributed by atoms with Gasteiger partial charge in [-0.05, 0) is 58.0 Å². The molecule has 0 heterocycles. The van der Waals surface area contributed by atoms with E-state index in [-0.39, 0.29) is 36.1 Å². The number of nitrogens with zero attached hydrogens (tertiary/aromatic N) is 2. The predicted octanol–water partition coefficient (Wildman–Crippen LogP) is 4.38. The van der Waals surface area contributed by atoms with E-state index in [1.807, 2.05) is 27.7 Å². The molecule has 0 atom stereocenters. The van der Waals surface area contributed by atoms with Crippen LogP contribution in [0.3, 0.4) is 0 Å². The quantitative estimate of drug-likeness (QED) is 0.615. The second-order valence-corrected chi connectivity index (χ2v) is 6.93. The molecule has 29 heavy (non-hydrogen) atoms. The summed E-state index contributed by atoms with van der Waals surface area (Å²) >= 11 is 0.